The Hall–Kier alpha value is -2.20. The maximum atomic E-state index is 12.9. The van der Waals surface area contributed by atoms with Gasteiger partial charge in [-0.1, -0.05) is 71.2 Å². The van der Waals surface area contributed by atoms with Gasteiger partial charge in [-0.25, -0.2) is 4.79 Å². The molecule has 0 N–H and O–H groups in total. The highest BCUT2D eigenvalue weighted by atomic mass is 35.5. The average molecular weight is 501 g/mol. The lowest BCUT2D eigenvalue weighted by Crippen LogP contribution is -2.33. The molecule has 3 aromatic rings. The number of halogens is 3. The second-order valence-corrected chi connectivity index (χ2v) is 10.2. The third-order valence-electron chi connectivity index (χ3n) is 7.06. The predicted octanol–water partition coefficient (Wildman–Crippen LogP) is 8.06. The molecule has 1 aliphatic carbocycles. The second kappa shape index (κ2) is 9.58. The highest BCUT2D eigenvalue weighted by molar-refractivity contribution is 6.35. The lowest BCUT2D eigenvalue weighted by atomic mass is 9.63. The van der Waals surface area contributed by atoms with Crippen molar-refractivity contribution in [3.63, 3.8) is 0 Å². The molecule has 4 unspecified atom stereocenters. The number of hydrogen-bond acceptors (Lipinski definition) is 2. The number of carbonyl (C=O) groups is 1. The number of benzene rings is 3. The molecule has 6 heteroatoms. The Bertz CT molecular complexity index is 1140. The topological polar surface area (TPSA) is 29.5 Å². The molecular formula is C27H24Cl3NO2. The van der Waals surface area contributed by atoms with Crippen LogP contribution in [0.3, 0.4) is 0 Å². The summed E-state index contributed by atoms with van der Waals surface area (Å²) in [6.45, 7) is 1.37. The summed E-state index contributed by atoms with van der Waals surface area (Å²) in [6, 6.07) is 23.1. The fraction of sp³-hybridized carbons (Fsp3) is 0.296. The second-order valence-electron chi connectivity index (χ2n) is 8.94. The number of carbonyl (C=O) groups excluding carboxylic acids is 1. The molecule has 3 aromatic carbocycles. The van der Waals surface area contributed by atoms with Gasteiger partial charge < -0.3 is 9.64 Å². The molecular weight excluding hydrogens is 477 g/mol. The van der Waals surface area contributed by atoms with Gasteiger partial charge in [0.05, 0.1) is 0 Å². The highest BCUT2D eigenvalue weighted by Gasteiger charge is 2.47. The summed E-state index contributed by atoms with van der Waals surface area (Å²) in [6.07, 6.45) is 1.75. The first-order valence-corrected chi connectivity index (χ1v) is 12.3. The van der Waals surface area contributed by atoms with Crippen molar-refractivity contribution in [2.24, 2.45) is 11.8 Å². The van der Waals surface area contributed by atoms with Crippen LogP contribution < -0.4 is 4.74 Å². The molecule has 1 saturated heterocycles. The Balaban J connectivity index is 1.45. The van der Waals surface area contributed by atoms with Crippen LogP contribution in [-0.4, -0.2) is 24.1 Å². The molecule has 2 aliphatic rings. The van der Waals surface area contributed by atoms with Crippen LogP contribution in [0.5, 0.6) is 5.75 Å². The van der Waals surface area contributed by atoms with Gasteiger partial charge in [0.1, 0.15) is 5.75 Å². The largest absolute Gasteiger partial charge is 0.415 e. The molecule has 1 heterocycles. The van der Waals surface area contributed by atoms with Crippen LogP contribution >= 0.6 is 34.8 Å². The van der Waals surface area contributed by atoms with E-state index in [9.17, 15) is 4.79 Å². The summed E-state index contributed by atoms with van der Waals surface area (Å²) in [5.41, 5.74) is 2.34. The number of nitrogens with zero attached hydrogens (tertiary/aromatic N) is 1. The van der Waals surface area contributed by atoms with Gasteiger partial charge in [0, 0.05) is 28.2 Å². The van der Waals surface area contributed by atoms with Gasteiger partial charge in [-0.3, -0.25) is 0 Å². The van der Waals surface area contributed by atoms with E-state index in [0.29, 0.717) is 45.7 Å². The first kappa shape index (κ1) is 22.6. The predicted molar refractivity (Wildman–Crippen MR) is 134 cm³/mol. The minimum absolute atomic E-state index is 0.217. The Morgan fingerprint density at radius 3 is 2.30 bits per heavy atom. The smallest absolute Gasteiger partial charge is 0.410 e. The number of likely N-dealkylation sites (tertiary alicyclic amines) is 1. The third kappa shape index (κ3) is 4.73. The monoisotopic (exact) mass is 499 g/mol. The summed E-state index contributed by atoms with van der Waals surface area (Å²) >= 11 is 19.0. The highest BCUT2D eigenvalue weighted by Crippen LogP contribution is 2.53. The van der Waals surface area contributed by atoms with E-state index in [1.807, 2.05) is 47.4 Å². The summed E-state index contributed by atoms with van der Waals surface area (Å²) in [5, 5.41) is 2.05. The normalized spacial score (nSPS) is 24.4. The van der Waals surface area contributed by atoms with E-state index in [-0.39, 0.29) is 17.9 Å². The van der Waals surface area contributed by atoms with Crippen molar-refractivity contribution >= 4 is 40.9 Å². The number of rotatable bonds is 3. The Morgan fingerprint density at radius 1 is 0.848 bits per heavy atom. The number of hydrogen-bond donors (Lipinski definition) is 0. The zero-order valence-electron chi connectivity index (χ0n) is 18.0. The van der Waals surface area contributed by atoms with Gasteiger partial charge in [0.2, 0.25) is 0 Å². The number of para-hydroxylation sites is 1. The van der Waals surface area contributed by atoms with Crippen LogP contribution in [0.4, 0.5) is 4.79 Å². The van der Waals surface area contributed by atoms with E-state index in [0.717, 1.165) is 18.4 Å². The van der Waals surface area contributed by atoms with Crippen LogP contribution in [0.1, 0.15) is 35.8 Å². The lowest BCUT2D eigenvalue weighted by molar-refractivity contribution is 0.160. The summed E-state index contributed by atoms with van der Waals surface area (Å²) in [7, 11) is 0. The summed E-state index contributed by atoms with van der Waals surface area (Å²) in [4.78, 5) is 14.8. The first-order valence-electron chi connectivity index (χ1n) is 11.2. The van der Waals surface area contributed by atoms with Crippen LogP contribution in [-0.2, 0) is 0 Å². The quantitative estimate of drug-likeness (QED) is 0.364. The van der Waals surface area contributed by atoms with E-state index >= 15 is 0 Å². The number of ether oxygens (including phenoxy) is 1. The molecule has 33 heavy (non-hydrogen) atoms. The van der Waals surface area contributed by atoms with Crippen molar-refractivity contribution in [2.75, 3.05) is 13.1 Å². The maximum Gasteiger partial charge on any atom is 0.415 e. The molecule has 1 saturated carbocycles. The Morgan fingerprint density at radius 2 is 1.58 bits per heavy atom. The van der Waals surface area contributed by atoms with Gasteiger partial charge in [0.25, 0.3) is 0 Å². The molecule has 2 fully saturated rings. The third-order valence-corrected chi connectivity index (χ3v) is 7.87. The molecule has 0 radical (unpaired) electrons. The fourth-order valence-electron chi connectivity index (χ4n) is 5.60. The minimum atomic E-state index is -0.286. The van der Waals surface area contributed by atoms with E-state index in [1.54, 1.807) is 12.1 Å². The van der Waals surface area contributed by atoms with Gasteiger partial charge >= 0.3 is 6.09 Å². The number of fused-ring (bicyclic) bond motifs is 1. The van der Waals surface area contributed by atoms with Crippen molar-refractivity contribution in [1.29, 1.82) is 0 Å². The number of amides is 1. The molecule has 4 atom stereocenters. The molecule has 1 aliphatic heterocycles. The van der Waals surface area contributed by atoms with Gasteiger partial charge in [0.15, 0.2) is 0 Å². The fourth-order valence-corrected chi connectivity index (χ4v) is 6.27. The molecule has 0 aromatic heterocycles. The zero-order chi connectivity index (χ0) is 22.9. The van der Waals surface area contributed by atoms with E-state index < -0.39 is 0 Å². The van der Waals surface area contributed by atoms with E-state index in [4.69, 9.17) is 39.5 Å². The molecule has 1 amide bonds. The summed E-state index contributed by atoms with van der Waals surface area (Å²) < 4.78 is 5.64. The zero-order valence-corrected chi connectivity index (χ0v) is 20.2. The first-order chi connectivity index (χ1) is 16.0. The van der Waals surface area contributed by atoms with E-state index in [1.165, 1.54) is 5.56 Å². The van der Waals surface area contributed by atoms with Crippen molar-refractivity contribution < 1.29 is 9.53 Å². The SMILES string of the molecule is O=C(Oc1ccccc1)N1CC2CCC(c3ccc(Cl)cc3Cl)C(c3ccc(Cl)cc3)C2C1. The van der Waals surface area contributed by atoms with Gasteiger partial charge in [-0.05, 0) is 84.0 Å². The lowest BCUT2D eigenvalue weighted by Gasteiger charge is -2.40. The van der Waals surface area contributed by atoms with Crippen LogP contribution in [0.2, 0.25) is 15.1 Å². The minimum Gasteiger partial charge on any atom is -0.410 e. The molecule has 170 valence electrons. The molecule has 5 rings (SSSR count). The van der Waals surface area contributed by atoms with E-state index in [2.05, 4.69) is 18.2 Å². The van der Waals surface area contributed by atoms with Crippen molar-refractivity contribution in [3.8, 4) is 5.75 Å². The maximum absolute atomic E-state index is 12.9. The average Bonchev–Trinajstić information content (AvgIpc) is 3.25. The molecule has 3 nitrogen and oxygen atoms in total. The Kier molecular flexibility index (Phi) is 6.56. The van der Waals surface area contributed by atoms with Crippen LogP contribution in [0.15, 0.2) is 72.8 Å². The molecule has 0 bridgehead atoms. The van der Waals surface area contributed by atoms with Crippen molar-refractivity contribution in [2.45, 2.75) is 24.7 Å². The Labute approximate surface area is 209 Å². The van der Waals surface area contributed by atoms with Crippen molar-refractivity contribution in [3.05, 3.63) is 99.0 Å². The van der Waals surface area contributed by atoms with Crippen LogP contribution in [0.25, 0.3) is 0 Å². The molecule has 0 spiro atoms. The van der Waals surface area contributed by atoms with Gasteiger partial charge in [-0.15, -0.1) is 0 Å². The van der Waals surface area contributed by atoms with Crippen LogP contribution in [0, 0.1) is 11.8 Å². The van der Waals surface area contributed by atoms with Crippen molar-refractivity contribution in [1.82, 2.24) is 4.90 Å². The van der Waals surface area contributed by atoms with Gasteiger partial charge in [-0.2, -0.15) is 0 Å². The summed E-state index contributed by atoms with van der Waals surface area (Å²) in [5.74, 6) is 1.74. The standard InChI is InChI=1S/C27H24Cl3NO2/c28-19-9-6-17(7-10-19)26-23(22-13-11-20(29)14-25(22)30)12-8-18-15-31(16-24(18)26)27(32)33-21-4-2-1-3-5-21/h1-7,9-11,13-14,18,23-24,26H,8,12,15-16H2.